The first-order valence-electron chi connectivity index (χ1n) is 7.87. The zero-order chi connectivity index (χ0) is 16.7. The Morgan fingerprint density at radius 2 is 2.17 bits per heavy atom. The van der Waals surface area contributed by atoms with Crippen LogP contribution in [0.1, 0.15) is 24.6 Å². The molecule has 1 aromatic carbocycles. The summed E-state index contributed by atoms with van der Waals surface area (Å²) in [4.78, 5) is 0.226. The Bertz CT molecular complexity index is 976. The summed E-state index contributed by atoms with van der Waals surface area (Å²) < 4.78 is 35.0. The minimum Gasteiger partial charge on any atom is -0.463 e. The van der Waals surface area contributed by atoms with E-state index < -0.39 is 10.0 Å². The number of aromatic nitrogens is 3. The van der Waals surface area contributed by atoms with Crippen molar-refractivity contribution in [3.05, 3.63) is 42.7 Å². The molecule has 4 rings (SSSR count). The maximum Gasteiger partial charge on any atom is 0.246 e. The minimum absolute atomic E-state index is 0.0526. The Morgan fingerprint density at radius 1 is 1.29 bits per heavy atom. The highest BCUT2D eigenvalue weighted by molar-refractivity contribution is 7.89. The van der Waals surface area contributed by atoms with E-state index in [9.17, 15) is 8.42 Å². The van der Waals surface area contributed by atoms with Crippen molar-refractivity contribution >= 4 is 21.0 Å². The van der Waals surface area contributed by atoms with Crippen LogP contribution in [0.3, 0.4) is 0 Å². The maximum atomic E-state index is 13.1. The molecule has 3 heterocycles. The fourth-order valence-corrected chi connectivity index (χ4v) is 5.02. The van der Waals surface area contributed by atoms with E-state index in [4.69, 9.17) is 4.42 Å². The van der Waals surface area contributed by atoms with Crippen molar-refractivity contribution in [3.8, 4) is 0 Å². The Morgan fingerprint density at radius 3 is 2.96 bits per heavy atom. The smallest absolute Gasteiger partial charge is 0.246 e. The molecule has 7 nitrogen and oxygen atoms in total. The molecule has 1 unspecified atom stereocenters. The number of hydrogen-bond donors (Lipinski definition) is 0. The third-order valence-electron chi connectivity index (χ3n) is 4.56. The molecular formula is C16H18N4O3S. The molecule has 1 aliphatic rings. The summed E-state index contributed by atoms with van der Waals surface area (Å²) >= 11 is 0. The zero-order valence-corrected chi connectivity index (χ0v) is 14.1. The average Bonchev–Trinajstić information content (AvgIpc) is 3.23. The normalized spacial score (nSPS) is 19.8. The molecule has 0 radical (unpaired) electrons. The molecule has 0 N–H and O–H groups in total. The topological polar surface area (TPSA) is 81.2 Å². The molecule has 126 valence electrons. The lowest BCUT2D eigenvalue weighted by atomic mass is 9.99. The van der Waals surface area contributed by atoms with E-state index >= 15 is 0 Å². The fourth-order valence-electron chi connectivity index (χ4n) is 3.34. The van der Waals surface area contributed by atoms with E-state index in [-0.39, 0.29) is 10.8 Å². The molecule has 0 spiro atoms. The second kappa shape index (κ2) is 5.71. The van der Waals surface area contributed by atoms with E-state index in [2.05, 4.69) is 10.2 Å². The summed E-state index contributed by atoms with van der Waals surface area (Å²) in [6.07, 6.45) is 4.86. The number of para-hydroxylation sites is 1. The number of benzene rings is 1. The quantitative estimate of drug-likeness (QED) is 0.726. The van der Waals surface area contributed by atoms with Crippen LogP contribution in [-0.2, 0) is 17.1 Å². The van der Waals surface area contributed by atoms with Crippen LogP contribution in [0.2, 0.25) is 0 Å². The second-order valence-electron chi connectivity index (χ2n) is 6.10. The van der Waals surface area contributed by atoms with Gasteiger partial charge >= 0.3 is 0 Å². The van der Waals surface area contributed by atoms with Gasteiger partial charge in [0, 0.05) is 31.4 Å². The van der Waals surface area contributed by atoms with Crippen LogP contribution in [-0.4, -0.2) is 40.6 Å². The number of nitrogens with zero attached hydrogens (tertiary/aromatic N) is 4. The van der Waals surface area contributed by atoms with Gasteiger partial charge in [0.1, 0.15) is 17.0 Å². The number of aryl methyl sites for hydroxylation is 1. The summed E-state index contributed by atoms with van der Waals surface area (Å²) in [5.41, 5.74) is 0.415. The van der Waals surface area contributed by atoms with Crippen molar-refractivity contribution < 1.29 is 12.8 Å². The third-order valence-corrected chi connectivity index (χ3v) is 6.45. The molecule has 0 amide bonds. The summed E-state index contributed by atoms with van der Waals surface area (Å²) in [7, 11) is -1.73. The van der Waals surface area contributed by atoms with Gasteiger partial charge in [-0.1, -0.05) is 12.1 Å². The van der Waals surface area contributed by atoms with E-state index in [1.165, 1.54) is 10.6 Å². The molecule has 1 saturated heterocycles. The molecule has 1 atom stereocenters. The number of fused-ring (bicyclic) bond motifs is 1. The predicted molar refractivity (Wildman–Crippen MR) is 88.0 cm³/mol. The number of piperidine rings is 1. The van der Waals surface area contributed by atoms with Crippen molar-refractivity contribution in [1.29, 1.82) is 0 Å². The molecule has 3 aromatic rings. The molecule has 0 saturated carbocycles. The third kappa shape index (κ3) is 2.42. The van der Waals surface area contributed by atoms with Crippen molar-refractivity contribution in [1.82, 2.24) is 19.1 Å². The number of rotatable bonds is 3. The van der Waals surface area contributed by atoms with Crippen LogP contribution in [0.4, 0.5) is 0 Å². The standard InChI is InChI=1S/C16H18N4O3S/c1-19-11-17-18-16(19)13-5-3-8-20(10-13)24(21,22)14-6-2-4-12-7-9-23-15(12)14/h2,4,6-7,9,11,13H,3,5,8,10H2,1H3. The van der Waals surface area contributed by atoms with Crippen LogP contribution in [0.25, 0.3) is 11.0 Å². The van der Waals surface area contributed by atoms with Gasteiger partial charge in [0.15, 0.2) is 5.58 Å². The number of sulfonamides is 1. The van der Waals surface area contributed by atoms with Crippen molar-refractivity contribution in [2.45, 2.75) is 23.7 Å². The zero-order valence-electron chi connectivity index (χ0n) is 13.3. The van der Waals surface area contributed by atoms with Crippen LogP contribution >= 0.6 is 0 Å². The monoisotopic (exact) mass is 346 g/mol. The van der Waals surface area contributed by atoms with Crippen LogP contribution in [0, 0.1) is 0 Å². The largest absolute Gasteiger partial charge is 0.463 e. The highest BCUT2D eigenvalue weighted by Crippen LogP contribution is 2.32. The van der Waals surface area contributed by atoms with Gasteiger partial charge in [0.25, 0.3) is 0 Å². The first-order chi connectivity index (χ1) is 11.6. The second-order valence-corrected chi connectivity index (χ2v) is 8.00. The first-order valence-corrected chi connectivity index (χ1v) is 9.31. The first kappa shape index (κ1) is 15.3. The Balaban J connectivity index is 1.69. The Hall–Kier alpha value is -2.19. The van der Waals surface area contributed by atoms with Gasteiger partial charge in [0.2, 0.25) is 10.0 Å². The molecule has 0 aliphatic carbocycles. The molecule has 1 aliphatic heterocycles. The number of hydrogen-bond acceptors (Lipinski definition) is 5. The van der Waals surface area contributed by atoms with Crippen LogP contribution in [0.15, 0.2) is 46.2 Å². The lowest BCUT2D eigenvalue weighted by molar-refractivity contribution is 0.306. The summed E-state index contributed by atoms with van der Waals surface area (Å²) in [6.45, 7) is 0.916. The molecule has 24 heavy (non-hydrogen) atoms. The summed E-state index contributed by atoms with van der Waals surface area (Å²) in [5, 5.41) is 8.84. The fraction of sp³-hybridized carbons (Fsp3) is 0.375. The lowest BCUT2D eigenvalue weighted by Gasteiger charge is -2.31. The van der Waals surface area contributed by atoms with Gasteiger partial charge < -0.3 is 8.98 Å². The molecular weight excluding hydrogens is 328 g/mol. The van der Waals surface area contributed by atoms with Crippen molar-refractivity contribution in [2.24, 2.45) is 7.05 Å². The van der Waals surface area contributed by atoms with Gasteiger partial charge in [-0.05, 0) is 25.0 Å². The molecule has 1 fully saturated rings. The van der Waals surface area contributed by atoms with Crippen LogP contribution < -0.4 is 0 Å². The van der Waals surface area contributed by atoms with E-state index in [0.717, 1.165) is 24.1 Å². The minimum atomic E-state index is -3.61. The van der Waals surface area contributed by atoms with Crippen molar-refractivity contribution in [2.75, 3.05) is 13.1 Å². The van der Waals surface area contributed by atoms with E-state index in [1.54, 1.807) is 24.5 Å². The van der Waals surface area contributed by atoms with Gasteiger partial charge in [-0.3, -0.25) is 0 Å². The lowest BCUT2D eigenvalue weighted by Crippen LogP contribution is -2.39. The van der Waals surface area contributed by atoms with E-state index in [0.29, 0.717) is 18.7 Å². The highest BCUT2D eigenvalue weighted by Gasteiger charge is 2.34. The average molecular weight is 346 g/mol. The van der Waals surface area contributed by atoms with Gasteiger partial charge in [-0.25, -0.2) is 8.42 Å². The maximum absolute atomic E-state index is 13.1. The van der Waals surface area contributed by atoms with E-state index in [1.807, 2.05) is 17.7 Å². The Kier molecular flexibility index (Phi) is 3.65. The molecule has 0 bridgehead atoms. The SMILES string of the molecule is Cn1cnnc1C1CCCN(S(=O)(=O)c2cccc3ccoc23)C1. The van der Waals surface area contributed by atoms with Crippen LogP contribution in [0.5, 0.6) is 0 Å². The summed E-state index contributed by atoms with van der Waals surface area (Å²) in [5.74, 6) is 0.878. The Labute approximate surface area is 139 Å². The number of furan rings is 1. The van der Waals surface area contributed by atoms with Gasteiger partial charge in [-0.15, -0.1) is 10.2 Å². The predicted octanol–water partition coefficient (Wildman–Crippen LogP) is 2.13. The van der Waals surface area contributed by atoms with Crippen molar-refractivity contribution in [3.63, 3.8) is 0 Å². The molecule has 2 aromatic heterocycles. The molecule has 8 heteroatoms. The van der Waals surface area contributed by atoms with Gasteiger partial charge in [0.05, 0.1) is 6.26 Å². The summed E-state index contributed by atoms with van der Waals surface area (Å²) in [6, 6.07) is 6.96. The highest BCUT2D eigenvalue weighted by atomic mass is 32.2. The van der Waals surface area contributed by atoms with Gasteiger partial charge in [-0.2, -0.15) is 4.31 Å².